The molecule has 2 aromatic heterocycles. The fraction of sp³-hybridized carbons (Fsp3) is 0.333. The number of nitrogens with zero attached hydrogens (tertiary/aromatic N) is 5. The lowest BCUT2D eigenvalue weighted by atomic mass is 10.3. The number of ether oxygens (including phenoxy) is 1. The number of methoxy groups -OCH3 is 1. The molecule has 0 saturated heterocycles. The lowest BCUT2D eigenvalue weighted by molar-refractivity contribution is -0.142. The van der Waals surface area contributed by atoms with E-state index >= 15 is 0 Å². The van der Waals surface area contributed by atoms with Crippen LogP contribution in [-0.2, 0) is 13.2 Å². The molecule has 0 bridgehead atoms. The van der Waals surface area contributed by atoms with Gasteiger partial charge in [-0.15, -0.1) is 0 Å². The Labute approximate surface area is 104 Å². The zero-order valence-corrected chi connectivity index (χ0v) is 9.73. The van der Waals surface area contributed by atoms with Gasteiger partial charge in [0, 0.05) is 7.05 Å². The summed E-state index contributed by atoms with van der Waals surface area (Å²) in [5.74, 6) is -2.95. The van der Waals surface area contributed by atoms with E-state index < -0.39 is 23.6 Å². The van der Waals surface area contributed by atoms with E-state index in [-0.39, 0.29) is 11.6 Å². The van der Waals surface area contributed by atoms with Crippen LogP contribution in [0.15, 0.2) is 6.33 Å². The van der Waals surface area contributed by atoms with Gasteiger partial charge in [-0.1, -0.05) is 0 Å². The molecule has 2 aromatic rings. The number of aryl methyl sites for hydroxylation is 1. The first kappa shape index (κ1) is 13.2. The van der Waals surface area contributed by atoms with Crippen LogP contribution < -0.4 is 4.74 Å². The molecule has 0 aliphatic rings. The Kier molecular flexibility index (Phi) is 3.08. The van der Waals surface area contributed by atoms with Crippen LogP contribution in [0.3, 0.4) is 0 Å². The highest BCUT2D eigenvalue weighted by Crippen LogP contribution is 2.37. The molecular weight excluding hydrogens is 270 g/mol. The summed E-state index contributed by atoms with van der Waals surface area (Å²) < 4.78 is 57.0. The Morgan fingerprint density at radius 1 is 1.26 bits per heavy atom. The van der Waals surface area contributed by atoms with Gasteiger partial charge in [-0.2, -0.15) is 32.6 Å². The van der Waals surface area contributed by atoms with Crippen LogP contribution in [0, 0.1) is 5.95 Å². The third-order valence-corrected chi connectivity index (χ3v) is 2.22. The zero-order chi connectivity index (χ0) is 14.2. The van der Waals surface area contributed by atoms with Crippen molar-refractivity contribution in [1.82, 2.24) is 24.7 Å². The highest BCUT2D eigenvalue weighted by Gasteiger charge is 2.40. The predicted molar refractivity (Wildman–Crippen MR) is 53.5 cm³/mol. The van der Waals surface area contributed by atoms with Crippen LogP contribution in [-0.4, -0.2) is 31.8 Å². The molecule has 0 fully saturated rings. The summed E-state index contributed by atoms with van der Waals surface area (Å²) in [6.45, 7) is 0. The maximum Gasteiger partial charge on any atom is 0.426 e. The van der Waals surface area contributed by atoms with Crippen LogP contribution in [0.25, 0.3) is 11.6 Å². The van der Waals surface area contributed by atoms with E-state index in [1.165, 1.54) is 11.7 Å². The van der Waals surface area contributed by atoms with Crippen molar-refractivity contribution in [3.8, 4) is 17.5 Å². The first-order valence-electron chi connectivity index (χ1n) is 4.87. The summed E-state index contributed by atoms with van der Waals surface area (Å²) in [6.07, 6.45) is -3.81. The fourth-order valence-corrected chi connectivity index (χ4v) is 1.40. The molecule has 6 nitrogen and oxygen atoms in total. The van der Waals surface area contributed by atoms with Gasteiger partial charge in [0.1, 0.15) is 6.33 Å². The number of rotatable bonds is 2. The summed E-state index contributed by atoms with van der Waals surface area (Å²) in [7, 11) is 2.42. The van der Waals surface area contributed by atoms with Crippen molar-refractivity contribution >= 4 is 0 Å². The van der Waals surface area contributed by atoms with Gasteiger partial charge in [0.2, 0.25) is 17.7 Å². The van der Waals surface area contributed by atoms with Crippen molar-refractivity contribution in [1.29, 1.82) is 0 Å². The first-order chi connectivity index (χ1) is 8.84. The Morgan fingerprint density at radius 2 is 1.95 bits per heavy atom. The minimum atomic E-state index is -4.95. The van der Waals surface area contributed by atoms with E-state index in [1.807, 2.05) is 0 Å². The van der Waals surface area contributed by atoms with E-state index in [0.717, 1.165) is 13.4 Å². The van der Waals surface area contributed by atoms with E-state index in [1.54, 1.807) is 0 Å². The van der Waals surface area contributed by atoms with Crippen molar-refractivity contribution in [2.24, 2.45) is 7.05 Å². The van der Waals surface area contributed by atoms with Gasteiger partial charge < -0.3 is 4.74 Å². The standard InChI is InChI=1S/C9H7F4N5O/c1-18-7(14-3-15-18)6-16-5(10)4(9(11,12)13)8(17-6)19-2/h3H,1-2H3. The molecule has 0 aliphatic carbocycles. The Balaban J connectivity index is 2.64. The minimum absolute atomic E-state index is 0.0194. The highest BCUT2D eigenvalue weighted by molar-refractivity contribution is 5.45. The van der Waals surface area contributed by atoms with Crippen molar-refractivity contribution in [3.05, 3.63) is 17.8 Å². The van der Waals surface area contributed by atoms with Crippen molar-refractivity contribution in [2.45, 2.75) is 6.18 Å². The van der Waals surface area contributed by atoms with Crippen LogP contribution in [0.4, 0.5) is 17.6 Å². The molecule has 0 saturated carbocycles. The molecule has 0 amide bonds. The van der Waals surface area contributed by atoms with E-state index in [0.29, 0.717) is 0 Å². The molecule has 0 aromatic carbocycles. The second kappa shape index (κ2) is 4.44. The predicted octanol–water partition coefficient (Wildman–Crippen LogP) is 1.44. The average Bonchev–Trinajstić information content (AvgIpc) is 2.72. The van der Waals surface area contributed by atoms with Gasteiger partial charge in [-0.25, -0.2) is 9.67 Å². The third kappa shape index (κ3) is 2.33. The van der Waals surface area contributed by atoms with Crippen LogP contribution in [0.5, 0.6) is 5.88 Å². The second-order valence-electron chi connectivity index (χ2n) is 3.43. The number of aromatic nitrogens is 5. The molecule has 0 unspecified atom stereocenters. The molecule has 19 heavy (non-hydrogen) atoms. The van der Waals surface area contributed by atoms with Crippen molar-refractivity contribution in [3.63, 3.8) is 0 Å². The summed E-state index contributed by atoms with van der Waals surface area (Å²) in [4.78, 5) is 10.4. The van der Waals surface area contributed by atoms with Gasteiger partial charge in [0.25, 0.3) is 0 Å². The minimum Gasteiger partial charge on any atom is -0.480 e. The molecule has 0 N–H and O–H groups in total. The first-order valence-corrected chi connectivity index (χ1v) is 4.87. The molecule has 0 atom stereocenters. The average molecular weight is 277 g/mol. The maximum absolute atomic E-state index is 13.5. The molecular formula is C9H7F4N5O. The van der Waals surface area contributed by atoms with Crippen LogP contribution in [0.2, 0.25) is 0 Å². The SMILES string of the molecule is COc1nc(-c2ncnn2C)nc(F)c1C(F)(F)F. The monoisotopic (exact) mass is 277 g/mol. The number of hydrogen-bond donors (Lipinski definition) is 0. The largest absolute Gasteiger partial charge is 0.480 e. The topological polar surface area (TPSA) is 65.7 Å². The molecule has 2 rings (SSSR count). The summed E-state index contributed by atoms with van der Waals surface area (Å²) in [5.41, 5.74) is -1.65. The molecule has 10 heteroatoms. The normalized spacial score (nSPS) is 11.7. The molecule has 2 heterocycles. The number of halogens is 4. The smallest absolute Gasteiger partial charge is 0.426 e. The lowest BCUT2D eigenvalue weighted by Gasteiger charge is -2.12. The Hall–Kier alpha value is -2.26. The van der Waals surface area contributed by atoms with Gasteiger partial charge in [0.15, 0.2) is 11.4 Å². The Morgan fingerprint density at radius 3 is 2.42 bits per heavy atom. The summed E-state index contributed by atoms with van der Waals surface area (Å²) in [5, 5.41) is 3.69. The van der Waals surface area contributed by atoms with Crippen molar-refractivity contribution in [2.75, 3.05) is 7.11 Å². The van der Waals surface area contributed by atoms with Gasteiger partial charge >= 0.3 is 6.18 Å². The fourth-order valence-electron chi connectivity index (χ4n) is 1.40. The quantitative estimate of drug-likeness (QED) is 0.614. The summed E-state index contributed by atoms with van der Waals surface area (Å²) in [6, 6.07) is 0. The van der Waals surface area contributed by atoms with E-state index in [2.05, 4.69) is 24.8 Å². The maximum atomic E-state index is 13.5. The van der Waals surface area contributed by atoms with Crippen LogP contribution in [0.1, 0.15) is 5.56 Å². The molecule has 102 valence electrons. The van der Waals surface area contributed by atoms with Crippen LogP contribution >= 0.6 is 0 Å². The highest BCUT2D eigenvalue weighted by atomic mass is 19.4. The van der Waals surface area contributed by atoms with Gasteiger partial charge in [-0.05, 0) is 0 Å². The molecule has 0 aliphatic heterocycles. The molecule has 0 spiro atoms. The van der Waals surface area contributed by atoms with Gasteiger partial charge in [-0.3, -0.25) is 0 Å². The number of hydrogen-bond acceptors (Lipinski definition) is 5. The zero-order valence-electron chi connectivity index (χ0n) is 9.73. The Bertz CT molecular complexity index is 609. The van der Waals surface area contributed by atoms with E-state index in [4.69, 9.17) is 0 Å². The third-order valence-electron chi connectivity index (χ3n) is 2.22. The van der Waals surface area contributed by atoms with E-state index in [9.17, 15) is 17.6 Å². The molecule has 0 radical (unpaired) electrons. The number of alkyl halides is 3. The summed E-state index contributed by atoms with van der Waals surface area (Å²) >= 11 is 0. The van der Waals surface area contributed by atoms with Crippen molar-refractivity contribution < 1.29 is 22.3 Å². The lowest BCUT2D eigenvalue weighted by Crippen LogP contribution is -2.15. The van der Waals surface area contributed by atoms with Gasteiger partial charge in [0.05, 0.1) is 7.11 Å². The second-order valence-corrected chi connectivity index (χ2v) is 3.43.